The van der Waals surface area contributed by atoms with Gasteiger partial charge < -0.3 is 15.0 Å². The molecule has 1 N–H and O–H groups in total. The highest BCUT2D eigenvalue weighted by atomic mass is 19.1. The number of rotatable bonds is 3. The minimum Gasteiger partial charge on any atom is -0.496 e. The second-order valence-corrected chi connectivity index (χ2v) is 4.88. The lowest BCUT2D eigenvalue weighted by atomic mass is 10.2. The lowest BCUT2D eigenvalue weighted by Crippen LogP contribution is -2.19. The Bertz CT molecular complexity index is 432. The largest absolute Gasteiger partial charge is 0.496 e. The van der Waals surface area contributed by atoms with Crippen molar-refractivity contribution in [2.45, 2.75) is 26.3 Å². The molecular formula is C15H23FN2O2. The van der Waals surface area contributed by atoms with E-state index in [1.165, 1.54) is 52.1 Å². The van der Waals surface area contributed by atoms with E-state index in [2.05, 4.69) is 17.3 Å². The van der Waals surface area contributed by atoms with Crippen molar-refractivity contribution in [3.63, 3.8) is 0 Å². The predicted octanol–water partition coefficient (Wildman–Crippen LogP) is 2.18. The van der Waals surface area contributed by atoms with Crippen molar-refractivity contribution in [2.75, 3.05) is 27.2 Å². The first-order valence-electron chi connectivity index (χ1n) is 6.78. The zero-order valence-electron chi connectivity index (χ0n) is 12.4. The molecule has 2 rings (SSSR count). The zero-order valence-corrected chi connectivity index (χ0v) is 12.4. The van der Waals surface area contributed by atoms with E-state index >= 15 is 0 Å². The standard InChI is InChI=1S/C10H12FNO2.C5H11N/c1-7(13)12-6-8-3-4-9(11)5-10(8)14-2;1-6-4-2-3-5-6/h3-5H,6H2,1-2H3,(H,12,13);2-5H2,1H3. The van der Waals surface area contributed by atoms with E-state index < -0.39 is 0 Å². The summed E-state index contributed by atoms with van der Waals surface area (Å²) in [6, 6.07) is 4.21. The fourth-order valence-corrected chi connectivity index (χ4v) is 1.96. The van der Waals surface area contributed by atoms with Crippen LogP contribution in [0, 0.1) is 5.82 Å². The van der Waals surface area contributed by atoms with Crippen LogP contribution in [0.25, 0.3) is 0 Å². The Hall–Kier alpha value is -1.62. The molecule has 1 saturated heterocycles. The van der Waals surface area contributed by atoms with E-state index in [1.807, 2.05) is 0 Å². The molecule has 112 valence electrons. The smallest absolute Gasteiger partial charge is 0.217 e. The second-order valence-electron chi connectivity index (χ2n) is 4.88. The molecule has 1 aliphatic heterocycles. The lowest BCUT2D eigenvalue weighted by Gasteiger charge is -2.08. The minimum absolute atomic E-state index is 0.128. The van der Waals surface area contributed by atoms with Crippen LogP contribution in [0.1, 0.15) is 25.3 Å². The van der Waals surface area contributed by atoms with Crippen LogP contribution in [0.4, 0.5) is 4.39 Å². The summed E-state index contributed by atoms with van der Waals surface area (Å²) in [6.45, 7) is 4.41. The molecule has 1 fully saturated rings. The topological polar surface area (TPSA) is 41.6 Å². The Morgan fingerprint density at radius 1 is 1.40 bits per heavy atom. The minimum atomic E-state index is -0.353. The Morgan fingerprint density at radius 2 is 2.05 bits per heavy atom. The second kappa shape index (κ2) is 8.53. The number of hydrogen-bond acceptors (Lipinski definition) is 3. The Morgan fingerprint density at radius 3 is 2.50 bits per heavy atom. The van der Waals surface area contributed by atoms with Crippen LogP contribution >= 0.6 is 0 Å². The summed E-state index contributed by atoms with van der Waals surface area (Å²) in [5.74, 6) is -0.0384. The molecule has 0 aliphatic carbocycles. The van der Waals surface area contributed by atoms with Gasteiger partial charge in [0.1, 0.15) is 11.6 Å². The number of benzene rings is 1. The molecule has 0 radical (unpaired) electrons. The number of ether oxygens (including phenoxy) is 1. The maximum Gasteiger partial charge on any atom is 0.217 e. The Labute approximate surface area is 119 Å². The summed E-state index contributed by atoms with van der Waals surface area (Å²) in [5.41, 5.74) is 0.754. The first-order valence-corrected chi connectivity index (χ1v) is 6.78. The van der Waals surface area contributed by atoms with Gasteiger partial charge in [0.05, 0.1) is 7.11 Å². The highest BCUT2D eigenvalue weighted by molar-refractivity contribution is 5.72. The summed E-state index contributed by atoms with van der Waals surface area (Å²) in [5, 5.41) is 2.61. The fourth-order valence-electron chi connectivity index (χ4n) is 1.96. The van der Waals surface area contributed by atoms with Crippen molar-refractivity contribution in [1.29, 1.82) is 0 Å². The Kier molecular flexibility index (Phi) is 7.01. The van der Waals surface area contributed by atoms with Crippen LogP contribution in [-0.4, -0.2) is 38.1 Å². The number of amides is 1. The van der Waals surface area contributed by atoms with Gasteiger partial charge in [0.2, 0.25) is 5.91 Å². The van der Waals surface area contributed by atoms with E-state index in [0.29, 0.717) is 12.3 Å². The summed E-state index contributed by atoms with van der Waals surface area (Å²) in [4.78, 5) is 13.0. The van der Waals surface area contributed by atoms with Gasteiger partial charge in [0, 0.05) is 25.1 Å². The average Bonchev–Trinajstić information content (AvgIpc) is 2.89. The van der Waals surface area contributed by atoms with Crippen molar-refractivity contribution in [1.82, 2.24) is 10.2 Å². The molecular weight excluding hydrogens is 259 g/mol. The molecule has 0 bridgehead atoms. The van der Waals surface area contributed by atoms with E-state index in [9.17, 15) is 9.18 Å². The number of hydrogen-bond donors (Lipinski definition) is 1. The van der Waals surface area contributed by atoms with E-state index in [0.717, 1.165) is 5.56 Å². The summed E-state index contributed by atoms with van der Waals surface area (Å²) in [6.07, 6.45) is 2.83. The van der Waals surface area contributed by atoms with Gasteiger partial charge in [-0.1, -0.05) is 6.07 Å². The van der Waals surface area contributed by atoms with Crippen LogP contribution in [-0.2, 0) is 11.3 Å². The molecule has 20 heavy (non-hydrogen) atoms. The molecule has 0 aromatic heterocycles. The lowest BCUT2D eigenvalue weighted by molar-refractivity contribution is -0.119. The van der Waals surface area contributed by atoms with Gasteiger partial charge >= 0.3 is 0 Å². The maximum atomic E-state index is 12.8. The maximum absolute atomic E-state index is 12.8. The van der Waals surface area contributed by atoms with Crippen LogP contribution in [0.3, 0.4) is 0 Å². The zero-order chi connectivity index (χ0) is 15.0. The molecule has 0 saturated carbocycles. The van der Waals surface area contributed by atoms with Gasteiger partial charge in [-0.3, -0.25) is 4.79 Å². The quantitative estimate of drug-likeness (QED) is 0.924. The molecule has 0 unspecified atom stereocenters. The van der Waals surface area contributed by atoms with Crippen LogP contribution in [0.5, 0.6) is 5.75 Å². The Balaban J connectivity index is 0.000000276. The molecule has 1 heterocycles. The van der Waals surface area contributed by atoms with E-state index in [1.54, 1.807) is 6.07 Å². The molecule has 1 aromatic rings. The molecule has 0 atom stereocenters. The van der Waals surface area contributed by atoms with Gasteiger partial charge in [0.15, 0.2) is 0 Å². The summed E-state index contributed by atoms with van der Waals surface area (Å²) in [7, 11) is 3.64. The van der Waals surface area contributed by atoms with Crippen molar-refractivity contribution >= 4 is 5.91 Å². The first-order chi connectivity index (χ1) is 9.52. The highest BCUT2D eigenvalue weighted by Gasteiger charge is 2.04. The van der Waals surface area contributed by atoms with Crippen molar-refractivity contribution in [3.8, 4) is 5.75 Å². The van der Waals surface area contributed by atoms with Gasteiger partial charge in [-0.15, -0.1) is 0 Å². The van der Waals surface area contributed by atoms with Crippen molar-refractivity contribution < 1.29 is 13.9 Å². The molecule has 1 aromatic carbocycles. The predicted molar refractivity (Wildman–Crippen MR) is 77.2 cm³/mol. The molecule has 5 heteroatoms. The number of nitrogens with zero attached hydrogens (tertiary/aromatic N) is 1. The monoisotopic (exact) mass is 282 g/mol. The van der Waals surface area contributed by atoms with Gasteiger partial charge in [0.25, 0.3) is 0 Å². The SMILES string of the molecule is CN1CCCC1.COc1cc(F)ccc1CNC(C)=O. The molecule has 4 nitrogen and oxygen atoms in total. The number of nitrogens with one attached hydrogen (secondary N) is 1. The number of likely N-dealkylation sites (tertiary alicyclic amines) is 1. The van der Waals surface area contributed by atoms with E-state index in [4.69, 9.17) is 4.74 Å². The highest BCUT2D eigenvalue weighted by Crippen LogP contribution is 2.18. The van der Waals surface area contributed by atoms with E-state index in [-0.39, 0.29) is 11.7 Å². The van der Waals surface area contributed by atoms with Gasteiger partial charge in [-0.25, -0.2) is 4.39 Å². The number of methoxy groups -OCH3 is 1. The summed E-state index contributed by atoms with van der Waals surface area (Å²) >= 11 is 0. The number of halogens is 1. The first kappa shape index (κ1) is 16.4. The normalized spacial score (nSPS) is 14.4. The third kappa shape index (κ3) is 6.02. The number of carbonyl (C=O) groups excluding carboxylic acids is 1. The molecule has 0 spiro atoms. The fraction of sp³-hybridized carbons (Fsp3) is 0.533. The molecule has 1 aliphatic rings. The van der Waals surface area contributed by atoms with Crippen LogP contribution < -0.4 is 10.1 Å². The van der Waals surface area contributed by atoms with Gasteiger partial charge in [-0.2, -0.15) is 0 Å². The van der Waals surface area contributed by atoms with Crippen LogP contribution in [0.2, 0.25) is 0 Å². The molecule has 1 amide bonds. The van der Waals surface area contributed by atoms with Crippen LogP contribution in [0.15, 0.2) is 18.2 Å². The van der Waals surface area contributed by atoms with Crippen molar-refractivity contribution in [3.05, 3.63) is 29.6 Å². The number of carbonyl (C=O) groups is 1. The average molecular weight is 282 g/mol. The third-order valence-corrected chi connectivity index (χ3v) is 3.11. The van der Waals surface area contributed by atoms with Gasteiger partial charge in [-0.05, 0) is 39.0 Å². The van der Waals surface area contributed by atoms with Crippen molar-refractivity contribution in [2.24, 2.45) is 0 Å². The summed E-state index contributed by atoms with van der Waals surface area (Å²) < 4.78 is 17.7. The third-order valence-electron chi connectivity index (χ3n) is 3.11.